The molecule has 4 rings (SSSR count). The smallest absolute Gasteiger partial charge is 0.261 e. The third kappa shape index (κ3) is 6.07. The van der Waals surface area contributed by atoms with Crippen LogP contribution in [0.1, 0.15) is 5.56 Å². The van der Waals surface area contributed by atoms with Crippen molar-refractivity contribution in [2.24, 2.45) is 0 Å². The lowest BCUT2D eigenvalue weighted by molar-refractivity contribution is -0.113. The fraction of sp³-hybridized carbons (Fsp3) is 0.0800. The molecule has 0 saturated carbocycles. The van der Waals surface area contributed by atoms with Gasteiger partial charge in [0.2, 0.25) is 5.91 Å². The van der Waals surface area contributed by atoms with Gasteiger partial charge in [-0.25, -0.2) is 8.42 Å². The molecule has 33 heavy (non-hydrogen) atoms. The lowest BCUT2D eigenvalue weighted by Gasteiger charge is -2.11. The molecule has 4 aromatic rings. The van der Waals surface area contributed by atoms with Crippen LogP contribution in [-0.4, -0.2) is 20.1 Å². The summed E-state index contributed by atoms with van der Waals surface area (Å²) in [4.78, 5) is 12.3. The van der Waals surface area contributed by atoms with Crippen LogP contribution in [0.15, 0.2) is 95.9 Å². The van der Waals surface area contributed by atoms with Crippen molar-refractivity contribution in [1.29, 1.82) is 0 Å². The number of hydrogen-bond donors (Lipinski definition) is 2. The number of anilines is 2. The Morgan fingerprint density at radius 1 is 0.848 bits per heavy atom. The van der Waals surface area contributed by atoms with Gasteiger partial charge in [0, 0.05) is 21.8 Å². The fourth-order valence-corrected chi connectivity index (χ4v) is 5.27. The van der Waals surface area contributed by atoms with Gasteiger partial charge in [-0.2, -0.15) is 0 Å². The first kappa shape index (κ1) is 23.2. The van der Waals surface area contributed by atoms with E-state index in [0.717, 1.165) is 16.3 Å². The highest BCUT2D eigenvalue weighted by atomic mass is 35.5. The molecular formula is C25H21ClN2O3S2. The van der Waals surface area contributed by atoms with E-state index in [2.05, 4.69) is 10.0 Å². The molecule has 1 amide bonds. The summed E-state index contributed by atoms with van der Waals surface area (Å²) in [5.41, 5.74) is 2.14. The van der Waals surface area contributed by atoms with Gasteiger partial charge in [-0.1, -0.05) is 60.1 Å². The summed E-state index contributed by atoms with van der Waals surface area (Å²) in [5.74, 6) is 0.825. The number of fused-ring (bicyclic) bond motifs is 1. The number of amides is 1. The van der Waals surface area contributed by atoms with Crippen molar-refractivity contribution in [3.63, 3.8) is 0 Å². The van der Waals surface area contributed by atoms with E-state index in [1.54, 1.807) is 18.2 Å². The molecule has 0 heterocycles. The van der Waals surface area contributed by atoms with Gasteiger partial charge in [0.05, 0.1) is 16.3 Å². The summed E-state index contributed by atoms with van der Waals surface area (Å²) in [6.07, 6.45) is 0. The zero-order valence-electron chi connectivity index (χ0n) is 17.5. The number of benzene rings is 4. The number of hydrogen-bond acceptors (Lipinski definition) is 4. The van der Waals surface area contributed by atoms with Crippen LogP contribution in [0.2, 0.25) is 5.02 Å². The Labute approximate surface area is 202 Å². The second-order valence-corrected chi connectivity index (χ2v) is 10.4. The highest BCUT2D eigenvalue weighted by Crippen LogP contribution is 2.26. The molecule has 0 bridgehead atoms. The third-order valence-corrected chi connectivity index (χ3v) is 7.53. The van der Waals surface area contributed by atoms with Gasteiger partial charge in [0.1, 0.15) is 0 Å². The van der Waals surface area contributed by atoms with E-state index >= 15 is 0 Å². The van der Waals surface area contributed by atoms with E-state index in [0.29, 0.717) is 22.2 Å². The van der Waals surface area contributed by atoms with E-state index in [-0.39, 0.29) is 16.6 Å². The first-order valence-electron chi connectivity index (χ1n) is 10.1. The van der Waals surface area contributed by atoms with Crippen molar-refractivity contribution in [2.45, 2.75) is 10.6 Å². The first-order chi connectivity index (χ1) is 15.9. The van der Waals surface area contributed by atoms with E-state index in [1.165, 1.54) is 23.9 Å². The maximum atomic E-state index is 12.9. The lowest BCUT2D eigenvalue weighted by atomic mass is 10.1. The number of rotatable bonds is 8. The number of carbonyl (C=O) groups is 1. The Hall–Kier alpha value is -3.00. The molecule has 2 N–H and O–H groups in total. The molecule has 168 valence electrons. The molecule has 8 heteroatoms. The normalized spacial score (nSPS) is 11.3. The maximum absolute atomic E-state index is 12.9. The van der Waals surface area contributed by atoms with Crippen LogP contribution >= 0.6 is 23.4 Å². The van der Waals surface area contributed by atoms with Crippen molar-refractivity contribution in [1.82, 2.24) is 0 Å². The van der Waals surface area contributed by atoms with Crippen LogP contribution < -0.4 is 10.0 Å². The minimum absolute atomic E-state index is 0.116. The third-order valence-electron chi connectivity index (χ3n) is 4.90. The van der Waals surface area contributed by atoms with Crippen LogP contribution in [0.4, 0.5) is 11.4 Å². The lowest BCUT2D eigenvalue weighted by Crippen LogP contribution is -2.15. The summed E-state index contributed by atoms with van der Waals surface area (Å²) in [6.45, 7) is 0. The number of nitrogens with one attached hydrogen (secondary N) is 2. The Morgan fingerprint density at radius 3 is 2.30 bits per heavy atom. The zero-order valence-corrected chi connectivity index (χ0v) is 19.9. The van der Waals surface area contributed by atoms with E-state index in [4.69, 9.17) is 11.6 Å². The minimum atomic E-state index is -3.77. The fourth-order valence-electron chi connectivity index (χ4n) is 3.27. The first-order valence-corrected chi connectivity index (χ1v) is 13.1. The number of thioether (sulfide) groups is 1. The van der Waals surface area contributed by atoms with E-state index in [9.17, 15) is 13.2 Å². The molecule has 0 aromatic heterocycles. The van der Waals surface area contributed by atoms with Crippen LogP contribution in [0.3, 0.4) is 0 Å². The Balaban J connectivity index is 1.35. The molecular weight excluding hydrogens is 476 g/mol. The van der Waals surface area contributed by atoms with Gasteiger partial charge in [-0.3, -0.25) is 9.52 Å². The zero-order chi connectivity index (χ0) is 23.3. The van der Waals surface area contributed by atoms with Gasteiger partial charge in [-0.15, -0.1) is 11.8 Å². The molecule has 0 atom stereocenters. The predicted octanol–water partition coefficient (Wildman–Crippen LogP) is 6.17. The van der Waals surface area contributed by atoms with Gasteiger partial charge < -0.3 is 5.32 Å². The number of sulfonamides is 1. The van der Waals surface area contributed by atoms with Crippen molar-refractivity contribution < 1.29 is 13.2 Å². The largest absolute Gasteiger partial charge is 0.325 e. The number of carbonyl (C=O) groups excluding carboxylic acids is 1. The van der Waals surface area contributed by atoms with Crippen molar-refractivity contribution >= 4 is 61.4 Å². The average Bonchev–Trinajstić information content (AvgIpc) is 2.81. The van der Waals surface area contributed by atoms with Gasteiger partial charge >= 0.3 is 0 Å². The minimum Gasteiger partial charge on any atom is -0.325 e. The maximum Gasteiger partial charge on any atom is 0.261 e. The number of halogens is 1. The molecule has 0 spiro atoms. The second kappa shape index (κ2) is 10.3. The Kier molecular flexibility index (Phi) is 7.23. The van der Waals surface area contributed by atoms with Crippen LogP contribution in [0.5, 0.6) is 0 Å². The van der Waals surface area contributed by atoms with E-state index < -0.39 is 10.0 Å². The molecule has 0 fully saturated rings. The molecule has 0 aliphatic carbocycles. The summed E-state index contributed by atoms with van der Waals surface area (Å²) >= 11 is 7.36. The van der Waals surface area contributed by atoms with Gasteiger partial charge in [-0.05, 0) is 53.4 Å². The standard InChI is InChI=1S/C25H21ClN2O3S2/c26-20-10-8-18(9-11-20)16-32-17-25(29)27-21-12-14-22(15-13-21)33(30,31)28-24-7-3-5-19-4-1-2-6-23(19)24/h1-15,28H,16-17H2,(H,27,29). The summed E-state index contributed by atoms with van der Waals surface area (Å²) in [7, 11) is -3.77. The highest BCUT2D eigenvalue weighted by molar-refractivity contribution is 7.99. The van der Waals surface area contributed by atoms with Crippen molar-refractivity contribution in [3.8, 4) is 0 Å². The van der Waals surface area contributed by atoms with Crippen LogP contribution in [0.25, 0.3) is 10.8 Å². The van der Waals surface area contributed by atoms with Crippen molar-refractivity contribution in [2.75, 3.05) is 15.8 Å². The summed E-state index contributed by atoms with van der Waals surface area (Å²) in [5, 5.41) is 5.25. The van der Waals surface area contributed by atoms with Gasteiger partial charge in [0.15, 0.2) is 0 Å². The summed E-state index contributed by atoms with van der Waals surface area (Å²) < 4.78 is 28.4. The van der Waals surface area contributed by atoms with Crippen LogP contribution in [-0.2, 0) is 20.6 Å². The summed E-state index contributed by atoms with van der Waals surface area (Å²) in [6, 6.07) is 26.7. The Morgan fingerprint density at radius 2 is 1.55 bits per heavy atom. The van der Waals surface area contributed by atoms with E-state index in [1.807, 2.05) is 60.7 Å². The topological polar surface area (TPSA) is 75.3 Å². The molecule has 0 unspecified atom stereocenters. The molecule has 0 radical (unpaired) electrons. The Bertz CT molecular complexity index is 1370. The molecule has 4 aromatic carbocycles. The van der Waals surface area contributed by atoms with Crippen molar-refractivity contribution in [3.05, 3.63) is 102 Å². The average molecular weight is 497 g/mol. The molecule has 0 aliphatic rings. The highest BCUT2D eigenvalue weighted by Gasteiger charge is 2.15. The van der Waals surface area contributed by atoms with Crippen LogP contribution in [0, 0.1) is 0 Å². The molecule has 0 aliphatic heterocycles. The monoisotopic (exact) mass is 496 g/mol. The predicted molar refractivity (Wildman–Crippen MR) is 137 cm³/mol. The molecule has 0 saturated heterocycles. The molecule has 5 nitrogen and oxygen atoms in total. The quantitative estimate of drug-likeness (QED) is 0.306. The SMILES string of the molecule is O=C(CSCc1ccc(Cl)cc1)Nc1ccc(S(=O)(=O)Nc2cccc3ccccc23)cc1. The van der Waals surface area contributed by atoms with Gasteiger partial charge in [0.25, 0.3) is 10.0 Å². The second-order valence-electron chi connectivity index (χ2n) is 7.32.